The van der Waals surface area contributed by atoms with Gasteiger partial charge in [0.2, 0.25) is 5.78 Å². The van der Waals surface area contributed by atoms with E-state index in [1.54, 1.807) is 24.3 Å². The standard InChI is InChI=1S/C27H24N2O9/c1-11-2-4-14(5-3-11)38-26(36)29-16-6-7-17(30)20-15(16)9-12-8-13-10-18(31)21(25(28)35)24(34)27(13,37)23(33)19(12)22(20)32/h2-7,12-13,30,32,34,37H,8-10H2,1H3,(H2,28,35)(H,29,36)/t12-,13+,27+/m1/s1. The van der Waals surface area contributed by atoms with Crippen LogP contribution in [0.25, 0.3) is 5.76 Å². The zero-order valence-electron chi connectivity index (χ0n) is 20.1. The second-order valence-corrected chi connectivity index (χ2v) is 9.72. The summed E-state index contributed by atoms with van der Waals surface area (Å²) in [6.07, 6.45) is -1.22. The smallest absolute Gasteiger partial charge is 0.417 e. The number of aromatic hydroxyl groups is 1. The predicted octanol–water partition coefficient (Wildman–Crippen LogP) is 2.34. The fourth-order valence-corrected chi connectivity index (χ4v) is 5.59. The van der Waals surface area contributed by atoms with Gasteiger partial charge in [-0.25, -0.2) is 4.79 Å². The number of nitrogens with one attached hydrogen (secondary N) is 1. The number of aryl methyl sites for hydroxylation is 1. The summed E-state index contributed by atoms with van der Waals surface area (Å²) < 4.78 is 5.30. The molecule has 196 valence electrons. The second-order valence-electron chi connectivity index (χ2n) is 9.72. The predicted molar refractivity (Wildman–Crippen MR) is 132 cm³/mol. The van der Waals surface area contributed by atoms with Gasteiger partial charge in [-0.05, 0) is 55.5 Å². The number of amides is 2. The molecule has 0 spiro atoms. The quantitative estimate of drug-likeness (QED) is 0.260. The number of primary amides is 1. The summed E-state index contributed by atoms with van der Waals surface area (Å²) in [4.78, 5) is 50.3. The van der Waals surface area contributed by atoms with Crippen LogP contribution in [0.1, 0.15) is 29.5 Å². The summed E-state index contributed by atoms with van der Waals surface area (Å²) in [5.41, 5.74) is 2.80. The first-order valence-corrected chi connectivity index (χ1v) is 11.8. The highest BCUT2D eigenvalue weighted by Gasteiger charge is 2.60. The number of ketones is 2. The van der Waals surface area contributed by atoms with Crippen molar-refractivity contribution >= 4 is 35.0 Å². The Morgan fingerprint density at radius 1 is 1.05 bits per heavy atom. The minimum atomic E-state index is -2.64. The van der Waals surface area contributed by atoms with Crippen LogP contribution in [0.5, 0.6) is 11.5 Å². The number of Topliss-reactive ketones (excluding diaryl/α,β-unsaturated/α-hetero) is 2. The van der Waals surface area contributed by atoms with Crippen LogP contribution >= 0.6 is 0 Å². The highest BCUT2D eigenvalue weighted by atomic mass is 16.6. The first-order valence-electron chi connectivity index (χ1n) is 11.8. The Balaban J connectivity index is 1.54. The number of carbonyl (C=O) groups is 4. The maximum Gasteiger partial charge on any atom is 0.417 e. The van der Waals surface area contributed by atoms with Gasteiger partial charge < -0.3 is 30.9 Å². The maximum atomic E-state index is 13.5. The Morgan fingerprint density at radius 2 is 1.74 bits per heavy atom. The number of carbonyl (C=O) groups excluding carboxylic acids is 4. The van der Waals surface area contributed by atoms with Crippen molar-refractivity contribution in [2.75, 3.05) is 5.32 Å². The topological polar surface area (TPSA) is 196 Å². The number of rotatable bonds is 3. The maximum absolute atomic E-state index is 13.5. The number of benzene rings is 2. The average molecular weight is 520 g/mol. The van der Waals surface area contributed by atoms with Crippen LogP contribution in [-0.4, -0.2) is 49.6 Å². The minimum absolute atomic E-state index is 0.0220. The lowest BCUT2D eigenvalue weighted by molar-refractivity contribution is -0.147. The molecule has 0 unspecified atom stereocenters. The third-order valence-corrected chi connectivity index (χ3v) is 7.42. The van der Waals surface area contributed by atoms with Gasteiger partial charge in [0, 0.05) is 23.6 Å². The van der Waals surface area contributed by atoms with E-state index in [4.69, 9.17) is 10.5 Å². The summed E-state index contributed by atoms with van der Waals surface area (Å²) in [6.45, 7) is 1.88. The van der Waals surface area contributed by atoms with Crippen LogP contribution in [0, 0.1) is 18.8 Å². The number of ether oxygens (including phenoxy) is 1. The molecule has 0 radical (unpaired) electrons. The molecule has 0 heterocycles. The van der Waals surface area contributed by atoms with E-state index < -0.39 is 64.5 Å². The Kier molecular flexibility index (Phi) is 5.75. The summed E-state index contributed by atoms with van der Waals surface area (Å²) in [7, 11) is 0. The van der Waals surface area contributed by atoms with E-state index >= 15 is 0 Å². The fourth-order valence-electron chi connectivity index (χ4n) is 5.59. The number of fused-ring (bicyclic) bond motifs is 3. The highest BCUT2D eigenvalue weighted by Crippen LogP contribution is 2.52. The molecule has 3 atom stereocenters. The Hall–Kier alpha value is -4.64. The number of anilines is 1. The Labute approximate surface area is 215 Å². The average Bonchev–Trinajstić information content (AvgIpc) is 2.84. The SMILES string of the molecule is Cc1ccc(OC(=O)Nc2ccc(O)c3c2C[C@H]2C[C@H]4CC(=O)C(C(N)=O)=C(O)[C@@]4(O)C(=O)C2=C3O)cc1. The molecular weight excluding hydrogens is 496 g/mol. The van der Waals surface area contributed by atoms with E-state index in [-0.39, 0.29) is 35.4 Å². The van der Waals surface area contributed by atoms with Crippen LogP contribution in [0.4, 0.5) is 10.5 Å². The molecule has 0 aromatic heterocycles. The van der Waals surface area contributed by atoms with Crippen molar-refractivity contribution in [1.29, 1.82) is 0 Å². The molecule has 2 aromatic carbocycles. The van der Waals surface area contributed by atoms with Crippen LogP contribution in [0.3, 0.4) is 0 Å². The molecule has 0 aliphatic heterocycles. The van der Waals surface area contributed by atoms with Gasteiger partial charge >= 0.3 is 6.09 Å². The number of phenolic OH excluding ortho intramolecular Hbond substituents is 1. The van der Waals surface area contributed by atoms with E-state index in [9.17, 15) is 39.6 Å². The number of nitrogens with two attached hydrogens (primary N) is 1. The Morgan fingerprint density at radius 3 is 2.39 bits per heavy atom. The van der Waals surface area contributed by atoms with Gasteiger partial charge in [-0.15, -0.1) is 0 Å². The lowest BCUT2D eigenvalue weighted by Gasteiger charge is -2.46. The molecule has 11 heteroatoms. The summed E-state index contributed by atoms with van der Waals surface area (Å²) in [5.74, 6) is -6.88. The van der Waals surface area contributed by atoms with E-state index in [1.165, 1.54) is 12.1 Å². The third-order valence-electron chi connectivity index (χ3n) is 7.42. The molecule has 2 amide bonds. The molecule has 5 rings (SSSR count). The van der Waals surface area contributed by atoms with Gasteiger partial charge in [-0.3, -0.25) is 19.7 Å². The monoisotopic (exact) mass is 520 g/mol. The third kappa shape index (κ3) is 3.70. The van der Waals surface area contributed by atoms with Gasteiger partial charge in [0.1, 0.15) is 28.6 Å². The molecule has 11 nitrogen and oxygen atoms in total. The largest absolute Gasteiger partial charge is 0.508 e. The Bertz CT molecular complexity index is 1490. The number of phenols is 1. The van der Waals surface area contributed by atoms with Crippen molar-refractivity contribution in [3.63, 3.8) is 0 Å². The van der Waals surface area contributed by atoms with Crippen LogP contribution in [-0.2, 0) is 20.8 Å². The van der Waals surface area contributed by atoms with E-state index in [0.29, 0.717) is 11.3 Å². The molecule has 2 aromatic rings. The zero-order valence-corrected chi connectivity index (χ0v) is 20.1. The number of aliphatic hydroxyl groups excluding tert-OH is 2. The first-order chi connectivity index (χ1) is 17.9. The van der Waals surface area contributed by atoms with Crippen molar-refractivity contribution in [2.24, 2.45) is 17.6 Å². The molecule has 3 aliphatic carbocycles. The van der Waals surface area contributed by atoms with Gasteiger partial charge in [-0.2, -0.15) is 0 Å². The van der Waals surface area contributed by atoms with Crippen molar-refractivity contribution < 1.29 is 44.3 Å². The van der Waals surface area contributed by atoms with E-state index in [0.717, 1.165) is 5.56 Å². The minimum Gasteiger partial charge on any atom is -0.508 e. The molecular formula is C27H24N2O9. The summed E-state index contributed by atoms with van der Waals surface area (Å²) in [6, 6.07) is 9.41. The van der Waals surface area contributed by atoms with Crippen LogP contribution in [0.2, 0.25) is 0 Å². The highest BCUT2D eigenvalue weighted by molar-refractivity contribution is 6.22. The van der Waals surface area contributed by atoms with Gasteiger partial charge in [0.25, 0.3) is 5.91 Å². The van der Waals surface area contributed by atoms with E-state index in [1.807, 2.05) is 6.92 Å². The first kappa shape index (κ1) is 25.0. The fraction of sp³-hybridized carbons (Fsp3) is 0.259. The van der Waals surface area contributed by atoms with Crippen molar-refractivity contribution in [2.45, 2.75) is 31.8 Å². The van der Waals surface area contributed by atoms with Crippen molar-refractivity contribution in [3.05, 3.63) is 70.0 Å². The van der Waals surface area contributed by atoms with Gasteiger partial charge in [0.15, 0.2) is 11.4 Å². The zero-order chi connectivity index (χ0) is 27.5. The lowest BCUT2D eigenvalue weighted by atomic mass is 9.59. The molecule has 1 saturated carbocycles. The van der Waals surface area contributed by atoms with Crippen molar-refractivity contribution in [3.8, 4) is 11.5 Å². The lowest BCUT2D eigenvalue weighted by Crippen LogP contribution is -2.58. The molecule has 3 aliphatic rings. The molecule has 0 bridgehead atoms. The number of aliphatic hydroxyl groups is 3. The second kappa shape index (κ2) is 8.73. The number of hydrogen-bond acceptors (Lipinski definition) is 9. The van der Waals surface area contributed by atoms with Gasteiger partial charge in [0.05, 0.1) is 5.56 Å². The summed E-state index contributed by atoms with van der Waals surface area (Å²) >= 11 is 0. The van der Waals surface area contributed by atoms with Crippen LogP contribution in [0.15, 0.2) is 53.3 Å². The molecule has 7 N–H and O–H groups in total. The van der Waals surface area contributed by atoms with Crippen molar-refractivity contribution in [1.82, 2.24) is 0 Å². The molecule has 0 saturated heterocycles. The van der Waals surface area contributed by atoms with E-state index in [2.05, 4.69) is 5.32 Å². The molecule has 38 heavy (non-hydrogen) atoms. The number of hydrogen-bond donors (Lipinski definition) is 6. The summed E-state index contributed by atoms with van der Waals surface area (Å²) in [5, 5.41) is 46.2. The van der Waals surface area contributed by atoms with Gasteiger partial charge in [-0.1, -0.05) is 17.7 Å². The molecule has 1 fully saturated rings. The normalized spacial score (nSPS) is 24.4. The van der Waals surface area contributed by atoms with Crippen LogP contribution < -0.4 is 15.8 Å².